The van der Waals surface area contributed by atoms with Crippen molar-refractivity contribution in [1.82, 2.24) is 0 Å². The van der Waals surface area contributed by atoms with Crippen LogP contribution in [0.1, 0.15) is 43.0 Å². The van der Waals surface area contributed by atoms with E-state index in [4.69, 9.17) is 9.47 Å². The number of carbonyl (C=O) groups excluding carboxylic acids is 2. The molecule has 0 fully saturated rings. The van der Waals surface area contributed by atoms with Gasteiger partial charge in [0.15, 0.2) is 5.78 Å². The monoisotopic (exact) mass is 290 g/mol. The summed E-state index contributed by atoms with van der Waals surface area (Å²) < 4.78 is 10.5. The number of Topliss-reactive ketones (excluding diaryl/α,β-unsaturated/α-hetero) is 1. The van der Waals surface area contributed by atoms with Crippen LogP contribution in [0.4, 0.5) is 0 Å². The smallest absolute Gasteiger partial charge is 0.330 e. The Bertz CT molecular complexity index is 462. The van der Waals surface area contributed by atoms with E-state index in [9.17, 15) is 9.59 Å². The van der Waals surface area contributed by atoms with Crippen molar-refractivity contribution in [3.8, 4) is 5.75 Å². The Kier molecular flexibility index (Phi) is 7.87. The minimum Gasteiger partial charge on any atom is -0.494 e. The molecule has 0 aliphatic carbocycles. The number of ketones is 1. The van der Waals surface area contributed by atoms with Crippen LogP contribution in [0, 0.1) is 0 Å². The van der Waals surface area contributed by atoms with Crippen molar-refractivity contribution in [2.45, 2.75) is 32.6 Å². The topological polar surface area (TPSA) is 52.6 Å². The number of benzene rings is 1. The molecule has 0 spiro atoms. The SMILES string of the molecule is C=CC(=O)OCCCCCCOc1ccc(C(C)=O)cc1. The Morgan fingerprint density at radius 1 is 1.05 bits per heavy atom. The van der Waals surface area contributed by atoms with E-state index in [1.165, 1.54) is 6.08 Å². The van der Waals surface area contributed by atoms with E-state index < -0.39 is 0 Å². The molecule has 0 N–H and O–H groups in total. The zero-order valence-corrected chi connectivity index (χ0v) is 12.5. The fraction of sp³-hybridized carbons (Fsp3) is 0.412. The number of carbonyl (C=O) groups is 2. The van der Waals surface area contributed by atoms with Gasteiger partial charge in [0, 0.05) is 11.6 Å². The predicted octanol–water partition coefficient (Wildman–Crippen LogP) is 3.56. The third kappa shape index (κ3) is 7.30. The average Bonchev–Trinajstić information content (AvgIpc) is 2.50. The van der Waals surface area contributed by atoms with Gasteiger partial charge < -0.3 is 9.47 Å². The summed E-state index contributed by atoms with van der Waals surface area (Å²) >= 11 is 0. The van der Waals surface area contributed by atoms with Crippen LogP contribution in [0.5, 0.6) is 5.75 Å². The van der Waals surface area contributed by atoms with Gasteiger partial charge in [-0.2, -0.15) is 0 Å². The van der Waals surface area contributed by atoms with Gasteiger partial charge in [0.05, 0.1) is 13.2 Å². The second kappa shape index (κ2) is 9.75. The minimum absolute atomic E-state index is 0.0544. The molecule has 0 saturated heterocycles. The summed E-state index contributed by atoms with van der Waals surface area (Å²) in [4.78, 5) is 21.9. The highest BCUT2D eigenvalue weighted by Gasteiger charge is 2.00. The summed E-state index contributed by atoms with van der Waals surface area (Å²) in [6.45, 7) is 5.97. The van der Waals surface area contributed by atoms with Gasteiger partial charge in [0.1, 0.15) is 5.75 Å². The summed E-state index contributed by atoms with van der Waals surface area (Å²) in [7, 11) is 0. The number of unbranched alkanes of at least 4 members (excludes halogenated alkanes) is 3. The van der Waals surface area contributed by atoms with E-state index in [1.54, 1.807) is 19.1 Å². The number of esters is 1. The van der Waals surface area contributed by atoms with E-state index in [0.717, 1.165) is 31.4 Å². The Hall–Kier alpha value is -2.10. The third-order valence-electron chi connectivity index (χ3n) is 2.98. The quantitative estimate of drug-likeness (QED) is 0.286. The summed E-state index contributed by atoms with van der Waals surface area (Å²) in [5.41, 5.74) is 0.691. The fourth-order valence-corrected chi connectivity index (χ4v) is 1.77. The molecule has 0 saturated carbocycles. The lowest BCUT2D eigenvalue weighted by atomic mass is 10.1. The van der Waals surface area contributed by atoms with Crippen molar-refractivity contribution in [1.29, 1.82) is 0 Å². The Labute approximate surface area is 125 Å². The number of hydrogen-bond donors (Lipinski definition) is 0. The van der Waals surface area contributed by atoms with Gasteiger partial charge in [-0.25, -0.2) is 4.79 Å². The first kappa shape index (κ1) is 17.0. The van der Waals surface area contributed by atoms with Crippen molar-refractivity contribution in [3.05, 3.63) is 42.5 Å². The highest BCUT2D eigenvalue weighted by Crippen LogP contribution is 2.13. The van der Waals surface area contributed by atoms with Crippen LogP contribution in [0.2, 0.25) is 0 Å². The van der Waals surface area contributed by atoms with Crippen LogP contribution in [-0.2, 0) is 9.53 Å². The highest BCUT2D eigenvalue weighted by molar-refractivity contribution is 5.94. The molecule has 0 unspecified atom stereocenters. The number of hydrogen-bond acceptors (Lipinski definition) is 4. The van der Waals surface area contributed by atoms with Crippen molar-refractivity contribution >= 4 is 11.8 Å². The summed E-state index contributed by atoms with van der Waals surface area (Å²) in [5, 5.41) is 0. The lowest BCUT2D eigenvalue weighted by Gasteiger charge is -2.06. The number of ether oxygens (including phenoxy) is 2. The van der Waals surface area contributed by atoms with E-state index in [1.807, 2.05) is 12.1 Å². The van der Waals surface area contributed by atoms with Gasteiger partial charge in [-0.1, -0.05) is 6.58 Å². The maximum Gasteiger partial charge on any atom is 0.330 e. The van der Waals surface area contributed by atoms with Crippen LogP contribution in [0.3, 0.4) is 0 Å². The van der Waals surface area contributed by atoms with Gasteiger partial charge in [-0.15, -0.1) is 0 Å². The standard InChI is InChI=1S/C17H22O4/c1-3-17(19)21-13-7-5-4-6-12-20-16-10-8-15(9-11-16)14(2)18/h3,8-11H,1,4-7,12-13H2,2H3. The Morgan fingerprint density at radius 2 is 1.67 bits per heavy atom. The molecule has 21 heavy (non-hydrogen) atoms. The van der Waals surface area contributed by atoms with Crippen molar-refractivity contribution in [2.75, 3.05) is 13.2 Å². The first-order chi connectivity index (χ1) is 10.1. The van der Waals surface area contributed by atoms with Gasteiger partial charge in [-0.05, 0) is 56.9 Å². The highest BCUT2D eigenvalue weighted by atomic mass is 16.5. The molecule has 1 aromatic rings. The first-order valence-electron chi connectivity index (χ1n) is 7.16. The zero-order chi connectivity index (χ0) is 15.5. The van der Waals surface area contributed by atoms with E-state index in [-0.39, 0.29) is 11.8 Å². The maximum absolute atomic E-state index is 11.1. The van der Waals surface area contributed by atoms with Crippen LogP contribution < -0.4 is 4.74 Å². The molecule has 0 bridgehead atoms. The summed E-state index contributed by atoms with van der Waals surface area (Å²) in [6, 6.07) is 7.16. The van der Waals surface area contributed by atoms with Crippen molar-refractivity contribution < 1.29 is 19.1 Å². The largest absolute Gasteiger partial charge is 0.494 e. The Balaban J connectivity index is 2.05. The van der Waals surface area contributed by atoms with Crippen LogP contribution in [-0.4, -0.2) is 25.0 Å². The fourth-order valence-electron chi connectivity index (χ4n) is 1.77. The van der Waals surface area contributed by atoms with Gasteiger partial charge in [-0.3, -0.25) is 4.79 Å². The van der Waals surface area contributed by atoms with Gasteiger partial charge in [0.25, 0.3) is 0 Å². The van der Waals surface area contributed by atoms with Gasteiger partial charge >= 0.3 is 5.97 Å². The average molecular weight is 290 g/mol. The molecule has 0 aliphatic rings. The molecule has 0 aromatic heterocycles. The molecule has 4 nitrogen and oxygen atoms in total. The molecule has 0 atom stereocenters. The van der Waals surface area contributed by atoms with E-state index in [0.29, 0.717) is 18.8 Å². The molecule has 0 aliphatic heterocycles. The van der Waals surface area contributed by atoms with Crippen LogP contribution in [0.25, 0.3) is 0 Å². The molecule has 1 rings (SSSR count). The van der Waals surface area contributed by atoms with Crippen molar-refractivity contribution in [2.24, 2.45) is 0 Å². The second-order valence-electron chi connectivity index (χ2n) is 4.71. The molecular weight excluding hydrogens is 268 g/mol. The summed E-state index contributed by atoms with van der Waals surface area (Å²) in [6.07, 6.45) is 5.00. The van der Waals surface area contributed by atoms with E-state index in [2.05, 4.69) is 6.58 Å². The molecule has 114 valence electrons. The van der Waals surface area contributed by atoms with Crippen LogP contribution >= 0.6 is 0 Å². The summed E-state index contributed by atoms with van der Waals surface area (Å²) in [5.74, 6) is 0.464. The molecule has 1 aromatic carbocycles. The zero-order valence-electron chi connectivity index (χ0n) is 12.5. The lowest BCUT2D eigenvalue weighted by molar-refractivity contribution is -0.137. The third-order valence-corrected chi connectivity index (χ3v) is 2.98. The molecule has 0 radical (unpaired) electrons. The second-order valence-corrected chi connectivity index (χ2v) is 4.71. The molecule has 0 heterocycles. The maximum atomic E-state index is 11.1. The van der Waals surface area contributed by atoms with Crippen molar-refractivity contribution in [3.63, 3.8) is 0 Å². The Morgan fingerprint density at radius 3 is 2.24 bits per heavy atom. The predicted molar refractivity (Wildman–Crippen MR) is 81.6 cm³/mol. The van der Waals surface area contributed by atoms with E-state index >= 15 is 0 Å². The normalized spacial score (nSPS) is 9.95. The van der Waals surface area contributed by atoms with Crippen LogP contribution in [0.15, 0.2) is 36.9 Å². The molecule has 0 amide bonds. The molecule has 4 heteroatoms. The van der Waals surface area contributed by atoms with Gasteiger partial charge in [0.2, 0.25) is 0 Å². The molecular formula is C17H22O4. The first-order valence-corrected chi connectivity index (χ1v) is 7.16. The minimum atomic E-state index is -0.368. The number of rotatable bonds is 10. The lowest BCUT2D eigenvalue weighted by Crippen LogP contribution is -2.02.